The number of rotatable bonds is 6. The number of nitrogens with two attached hydrogens (primary N) is 1. The Kier molecular flexibility index (Phi) is 4.90. The molecule has 1 heterocycles. The van der Waals surface area contributed by atoms with Crippen LogP contribution in [-0.4, -0.2) is 32.6 Å². The van der Waals surface area contributed by atoms with Gasteiger partial charge in [0, 0.05) is 18.2 Å². The number of hydrogen-bond donors (Lipinski definition) is 1. The molecule has 0 radical (unpaired) electrons. The number of primary amides is 1. The Morgan fingerprint density at radius 1 is 1.16 bits per heavy atom. The van der Waals surface area contributed by atoms with Crippen LogP contribution in [0.25, 0.3) is 5.69 Å². The van der Waals surface area contributed by atoms with E-state index < -0.39 is 5.91 Å². The van der Waals surface area contributed by atoms with Crippen LogP contribution in [0, 0.1) is 0 Å². The van der Waals surface area contributed by atoms with Gasteiger partial charge in [-0.25, -0.2) is 9.67 Å². The SMILES string of the molecule is C[C@H](c1ccc(-n2cncn2)cc1)N(C)Cc1ccc(C(N)=O)cc1. The minimum Gasteiger partial charge on any atom is -0.366 e. The van der Waals surface area contributed by atoms with Crippen LogP contribution in [0.1, 0.15) is 34.5 Å². The smallest absolute Gasteiger partial charge is 0.248 e. The predicted octanol–water partition coefficient (Wildman–Crippen LogP) is 2.56. The van der Waals surface area contributed by atoms with Crippen LogP contribution in [0.3, 0.4) is 0 Å². The Morgan fingerprint density at radius 3 is 2.40 bits per heavy atom. The molecule has 0 aliphatic rings. The number of benzene rings is 2. The van der Waals surface area contributed by atoms with Gasteiger partial charge in [-0.05, 0) is 49.4 Å². The van der Waals surface area contributed by atoms with Gasteiger partial charge in [0.25, 0.3) is 0 Å². The molecule has 0 bridgehead atoms. The zero-order valence-electron chi connectivity index (χ0n) is 14.3. The number of carbonyl (C=O) groups excluding carboxylic acids is 1. The van der Waals surface area contributed by atoms with Crippen LogP contribution in [0.4, 0.5) is 0 Å². The molecular weight excluding hydrogens is 314 g/mol. The molecule has 0 spiro atoms. The highest BCUT2D eigenvalue weighted by atomic mass is 16.1. The molecule has 0 aliphatic heterocycles. The lowest BCUT2D eigenvalue weighted by atomic mass is 10.1. The summed E-state index contributed by atoms with van der Waals surface area (Å²) in [6.45, 7) is 2.95. The van der Waals surface area contributed by atoms with E-state index in [2.05, 4.69) is 41.1 Å². The first-order valence-electron chi connectivity index (χ1n) is 8.08. The van der Waals surface area contributed by atoms with Crippen molar-refractivity contribution in [2.45, 2.75) is 19.5 Å². The highest BCUT2D eigenvalue weighted by Crippen LogP contribution is 2.22. The summed E-state index contributed by atoms with van der Waals surface area (Å²) < 4.78 is 1.73. The molecule has 0 unspecified atom stereocenters. The lowest BCUT2D eigenvalue weighted by Gasteiger charge is -2.25. The second-order valence-corrected chi connectivity index (χ2v) is 6.08. The Hall–Kier alpha value is -2.99. The molecule has 1 aromatic heterocycles. The fourth-order valence-electron chi connectivity index (χ4n) is 2.70. The highest BCUT2D eigenvalue weighted by molar-refractivity contribution is 5.92. The molecule has 0 aliphatic carbocycles. The molecule has 2 aromatic carbocycles. The Labute approximate surface area is 146 Å². The van der Waals surface area contributed by atoms with Crippen LogP contribution >= 0.6 is 0 Å². The summed E-state index contributed by atoms with van der Waals surface area (Å²) in [5, 5.41) is 4.13. The van der Waals surface area contributed by atoms with Crippen molar-refractivity contribution in [3.63, 3.8) is 0 Å². The molecule has 2 N–H and O–H groups in total. The van der Waals surface area contributed by atoms with Gasteiger partial charge in [0.2, 0.25) is 5.91 Å². The highest BCUT2D eigenvalue weighted by Gasteiger charge is 2.12. The van der Waals surface area contributed by atoms with Crippen molar-refractivity contribution in [2.24, 2.45) is 5.73 Å². The van der Waals surface area contributed by atoms with Gasteiger partial charge >= 0.3 is 0 Å². The molecule has 1 amide bonds. The van der Waals surface area contributed by atoms with E-state index in [1.54, 1.807) is 23.1 Å². The van der Waals surface area contributed by atoms with Crippen molar-refractivity contribution >= 4 is 5.91 Å². The molecule has 3 aromatic rings. The summed E-state index contributed by atoms with van der Waals surface area (Å²) >= 11 is 0. The zero-order chi connectivity index (χ0) is 17.8. The van der Waals surface area contributed by atoms with E-state index in [4.69, 9.17) is 5.73 Å². The largest absolute Gasteiger partial charge is 0.366 e. The summed E-state index contributed by atoms with van der Waals surface area (Å²) in [6, 6.07) is 16.0. The van der Waals surface area contributed by atoms with Crippen LogP contribution in [0.2, 0.25) is 0 Å². The lowest BCUT2D eigenvalue weighted by molar-refractivity contribution is 0.100. The minimum atomic E-state index is -0.402. The number of nitrogens with zero attached hydrogens (tertiary/aromatic N) is 4. The Bertz CT molecular complexity index is 825. The molecule has 128 valence electrons. The van der Waals surface area contributed by atoms with E-state index in [1.165, 1.54) is 11.9 Å². The number of hydrogen-bond acceptors (Lipinski definition) is 4. The first-order chi connectivity index (χ1) is 12.0. The third-order valence-electron chi connectivity index (χ3n) is 4.39. The summed E-state index contributed by atoms with van der Waals surface area (Å²) in [7, 11) is 2.08. The van der Waals surface area contributed by atoms with Gasteiger partial charge in [0.05, 0.1) is 5.69 Å². The molecular formula is C19H21N5O. The standard InChI is InChI=1S/C19H21N5O/c1-14(16-7-9-18(10-8-16)24-13-21-12-22-24)23(2)11-15-3-5-17(6-4-15)19(20)25/h3-10,12-14H,11H2,1-2H3,(H2,20,25)/t14-/m1/s1. The number of carbonyl (C=O) groups is 1. The molecule has 0 saturated heterocycles. The third-order valence-corrected chi connectivity index (χ3v) is 4.39. The van der Waals surface area contributed by atoms with Crippen molar-refractivity contribution < 1.29 is 4.79 Å². The minimum absolute atomic E-state index is 0.251. The van der Waals surface area contributed by atoms with Gasteiger partial charge in [-0.2, -0.15) is 5.10 Å². The topological polar surface area (TPSA) is 77.0 Å². The van der Waals surface area contributed by atoms with Gasteiger partial charge in [-0.1, -0.05) is 24.3 Å². The quantitative estimate of drug-likeness (QED) is 0.751. The molecule has 6 heteroatoms. The summed E-state index contributed by atoms with van der Waals surface area (Å²) in [4.78, 5) is 17.4. The normalized spacial score (nSPS) is 12.3. The summed E-state index contributed by atoms with van der Waals surface area (Å²) in [5.41, 5.74) is 9.15. The first-order valence-corrected chi connectivity index (χ1v) is 8.08. The predicted molar refractivity (Wildman–Crippen MR) is 96.2 cm³/mol. The van der Waals surface area contributed by atoms with Crippen LogP contribution < -0.4 is 5.73 Å². The van der Waals surface area contributed by atoms with Gasteiger partial charge < -0.3 is 5.73 Å². The van der Waals surface area contributed by atoms with Gasteiger partial charge in [-0.3, -0.25) is 9.69 Å². The maximum absolute atomic E-state index is 11.1. The molecule has 1 atom stereocenters. The monoisotopic (exact) mass is 335 g/mol. The molecule has 6 nitrogen and oxygen atoms in total. The van der Waals surface area contributed by atoms with Crippen LogP contribution in [0.5, 0.6) is 0 Å². The molecule has 3 rings (SSSR count). The van der Waals surface area contributed by atoms with Gasteiger partial charge in [-0.15, -0.1) is 0 Å². The Morgan fingerprint density at radius 2 is 1.84 bits per heavy atom. The number of aromatic nitrogens is 3. The third kappa shape index (κ3) is 3.92. The van der Waals surface area contributed by atoms with Crippen LogP contribution in [-0.2, 0) is 6.54 Å². The van der Waals surface area contributed by atoms with E-state index in [9.17, 15) is 4.79 Å². The maximum Gasteiger partial charge on any atom is 0.248 e. The fraction of sp³-hybridized carbons (Fsp3) is 0.211. The van der Waals surface area contributed by atoms with Crippen LogP contribution in [0.15, 0.2) is 61.2 Å². The zero-order valence-corrected chi connectivity index (χ0v) is 14.3. The van der Waals surface area contributed by atoms with E-state index in [0.29, 0.717) is 5.56 Å². The lowest BCUT2D eigenvalue weighted by Crippen LogP contribution is -2.22. The van der Waals surface area contributed by atoms with E-state index in [1.807, 2.05) is 24.3 Å². The second kappa shape index (κ2) is 7.27. The maximum atomic E-state index is 11.1. The van der Waals surface area contributed by atoms with Crippen molar-refractivity contribution in [1.29, 1.82) is 0 Å². The number of amides is 1. The van der Waals surface area contributed by atoms with Gasteiger partial charge in [0.15, 0.2) is 0 Å². The average Bonchev–Trinajstić information content (AvgIpc) is 3.16. The van der Waals surface area contributed by atoms with E-state index >= 15 is 0 Å². The second-order valence-electron chi connectivity index (χ2n) is 6.08. The van der Waals surface area contributed by atoms with Crippen molar-refractivity contribution in [1.82, 2.24) is 19.7 Å². The molecule has 0 saturated carbocycles. The van der Waals surface area contributed by atoms with Crippen molar-refractivity contribution in [3.05, 3.63) is 77.9 Å². The Balaban J connectivity index is 1.67. The molecule has 0 fully saturated rings. The molecule has 25 heavy (non-hydrogen) atoms. The van der Waals surface area contributed by atoms with E-state index in [0.717, 1.165) is 17.8 Å². The fourth-order valence-corrected chi connectivity index (χ4v) is 2.70. The first kappa shape index (κ1) is 16.9. The summed E-state index contributed by atoms with van der Waals surface area (Å²) in [6.07, 6.45) is 3.20. The van der Waals surface area contributed by atoms with Crippen molar-refractivity contribution in [3.8, 4) is 5.69 Å². The van der Waals surface area contributed by atoms with Gasteiger partial charge in [0.1, 0.15) is 12.7 Å². The average molecular weight is 335 g/mol. The summed E-state index contributed by atoms with van der Waals surface area (Å²) in [5.74, 6) is -0.402. The van der Waals surface area contributed by atoms with Crippen molar-refractivity contribution in [2.75, 3.05) is 7.05 Å². The van der Waals surface area contributed by atoms with E-state index in [-0.39, 0.29) is 6.04 Å².